The molecule has 61 heavy (non-hydrogen) atoms. The van der Waals surface area contributed by atoms with Gasteiger partial charge < -0.3 is 24.6 Å². The Bertz CT molecular complexity index is 2680. The van der Waals surface area contributed by atoms with E-state index >= 15 is 0 Å². The number of carboxylic acid groups (broad SMARTS) is 1. The fraction of sp³-hybridized carbons (Fsp3) is 0.184. The minimum atomic E-state index is -1.19. The molecule has 2 aliphatic rings. The number of fused-ring (bicyclic) bond motifs is 2. The predicted molar refractivity (Wildman–Crippen MR) is 230 cm³/mol. The molecule has 10 nitrogen and oxygen atoms in total. The quantitative estimate of drug-likeness (QED) is 0.123. The highest BCUT2D eigenvalue weighted by atomic mass is 35.5. The Morgan fingerprint density at radius 1 is 0.820 bits per heavy atom. The van der Waals surface area contributed by atoms with E-state index in [1.54, 1.807) is 36.4 Å². The third-order valence-corrected chi connectivity index (χ3v) is 11.7. The van der Waals surface area contributed by atoms with Crippen molar-refractivity contribution in [3.63, 3.8) is 0 Å². The summed E-state index contributed by atoms with van der Waals surface area (Å²) in [7, 11) is 0. The maximum atomic E-state index is 14.2. The van der Waals surface area contributed by atoms with Crippen molar-refractivity contribution < 1.29 is 28.9 Å². The second-order valence-corrected chi connectivity index (χ2v) is 15.8. The molecule has 3 atom stereocenters. The molecule has 304 valence electrons. The molecule has 2 aliphatic heterocycles. The first-order valence-electron chi connectivity index (χ1n) is 19.6. The van der Waals surface area contributed by atoms with Crippen molar-refractivity contribution in [2.45, 2.75) is 50.7 Å². The van der Waals surface area contributed by atoms with E-state index < -0.39 is 24.0 Å². The SMILES string of the molecule is N#Cc1ccc(-c2ccc(C[C@H](NC(=O)C3Cc4cc5c(cc4CN3Cc3ccccc3C#N)O[C@@H](c3ccc(OCc4ccc(Cl)c(Cl)c4)cc3)CO5)C(=O)O)cc2)cc1. The van der Waals surface area contributed by atoms with E-state index in [1.807, 2.05) is 95.9 Å². The molecule has 1 unspecified atom stereocenters. The van der Waals surface area contributed by atoms with Gasteiger partial charge in [0.05, 0.1) is 39.4 Å². The molecule has 0 spiro atoms. The molecular formula is C49H38Cl2N4O6. The number of aliphatic carboxylic acids is 1. The van der Waals surface area contributed by atoms with Crippen molar-refractivity contribution in [2.75, 3.05) is 6.61 Å². The Kier molecular flexibility index (Phi) is 12.2. The molecule has 0 bridgehead atoms. The van der Waals surface area contributed by atoms with E-state index in [1.165, 1.54) is 0 Å². The number of carbonyl (C=O) groups excluding carboxylic acids is 1. The fourth-order valence-corrected chi connectivity index (χ4v) is 7.95. The number of carbonyl (C=O) groups is 2. The minimum absolute atomic E-state index is 0.0730. The summed E-state index contributed by atoms with van der Waals surface area (Å²) in [5.41, 5.74) is 8.03. The molecule has 2 N–H and O–H groups in total. The lowest BCUT2D eigenvalue weighted by atomic mass is 9.91. The molecule has 6 aromatic carbocycles. The van der Waals surface area contributed by atoms with Gasteiger partial charge in [0.2, 0.25) is 5.91 Å². The number of carboxylic acids is 1. The van der Waals surface area contributed by atoms with Crippen LogP contribution in [0.25, 0.3) is 11.1 Å². The topological polar surface area (TPSA) is 145 Å². The van der Waals surface area contributed by atoms with Crippen LogP contribution in [0.5, 0.6) is 17.2 Å². The van der Waals surface area contributed by atoms with Gasteiger partial charge in [0.1, 0.15) is 25.0 Å². The number of amides is 1. The monoisotopic (exact) mass is 848 g/mol. The highest BCUT2D eigenvalue weighted by molar-refractivity contribution is 6.42. The first kappa shape index (κ1) is 40.9. The van der Waals surface area contributed by atoms with Crippen LogP contribution in [-0.4, -0.2) is 40.6 Å². The second kappa shape index (κ2) is 18.2. The molecule has 12 heteroatoms. The molecular weight excluding hydrogens is 811 g/mol. The van der Waals surface area contributed by atoms with Crippen molar-refractivity contribution >= 4 is 35.1 Å². The van der Waals surface area contributed by atoms with Crippen molar-refractivity contribution in [3.05, 3.63) is 182 Å². The van der Waals surface area contributed by atoms with Crippen LogP contribution in [0.2, 0.25) is 10.0 Å². The smallest absolute Gasteiger partial charge is 0.326 e. The number of hydrogen-bond donors (Lipinski definition) is 2. The molecule has 0 aromatic heterocycles. The van der Waals surface area contributed by atoms with Crippen LogP contribution >= 0.6 is 23.2 Å². The number of benzene rings is 6. The summed E-state index contributed by atoms with van der Waals surface area (Å²) in [6, 6.07) is 41.3. The molecule has 2 heterocycles. The average Bonchev–Trinajstić information content (AvgIpc) is 3.28. The molecule has 0 radical (unpaired) electrons. The van der Waals surface area contributed by atoms with Crippen LogP contribution < -0.4 is 19.5 Å². The summed E-state index contributed by atoms with van der Waals surface area (Å²) < 4.78 is 18.7. The normalized spacial score (nSPS) is 16.0. The number of nitriles is 2. The zero-order chi connectivity index (χ0) is 42.5. The van der Waals surface area contributed by atoms with Crippen LogP contribution in [0.4, 0.5) is 0 Å². The van der Waals surface area contributed by atoms with Gasteiger partial charge in [-0.25, -0.2) is 4.79 Å². The standard InChI is InChI=1S/C49H38Cl2N4O6/c50-41-18-9-32(19-42(41)51)28-59-40-16-14-35(15-17-40)47-29-60-45-22-38-21-44(55(27-39(38)23-46(45)61-47)26-37-4-2-1-3-36(37)25-53)48(56)54-43(49(57)58)20-30-5-10-33(11-6-30)34-12-7-31(24-52)8-13-34/h1-19,22-23,43-44,47H,20-21,26-29H2,(H,54,56)(H,57,58)/t43-,44?,47+/m0/s1. The zero-order valence-corrected chi connectivity index (χ0v) is 34.2. The van der Waals surface area contributed by atoms with E-state index in [-0.39, 0.29) is 32.1 Å². The first-order chi connectivity index (χ1) is 29.6. The van der Waals surface area contributed by atoms with Gasteiger partial charge in [-0.1, -0.05) is 96.0 Å². The van der Waals surface area contributed by atoms with Crippen LogP contribution in [-0.2, 0) is 42.1 Å². The highest BCUT2D eigenvalue weighted by Gasteiger charge is 2.36. The van der Waals surface area contributed by atoms with Crippen LogP contribution in [0.3, 0.4) is 0 Å². The number of rotatable bonds is 12. The molecule has 8 rings (SSSR count). The van der Waals surface area contributed by atoms with Gasteiger partial charge >= 0.3 is 5.97 Å². The van der Waals surface area contributed by atoms with E-state index in [0.29, 0.717) is 51.6 Å². The Labute approximate surface area is 363 Å². The summed E-state index contributed by atoms with van der Waals surface area (Å²) in [6.45, 7) is 1.22. The number of hydrogen-bond acceptors (Lipinski definition) is 8. The summed E-state index contributed by atoms with van der Waals surface area (Å²) in [6.07, 6.45) is -0.0231. The summed E-state index contributed by atoms with van der Waals surface area (Å²) in [5, 5.41) is 33.1. The molecule has 0 aliphatic carbocycles. The van der Waals surface area contributed by atoms with Crippen LogP contribution in [0.15, 0.2) is 127 Å². The average molecular weight is 850 g/mol. The Balaban J connectivity index is 0.979. The molecule has 1 amide bonds. The molecule has 0 saturated heterocycles. The van der Waals surface area contributed by atoms with Crippen LogP contribution in [0.1, 0.15) is 50.6 Å². The van der Waals surface area contributed by atoms with E-state index in [2.05, 4.69) is 17.5 Å². The summed E-state index contributed by atoms with van der Waals surface area (Å²) in [4.78, 5) is 28.8. The van der Waals surface area contributed by atoms with Crippen molar-refractivity contribution in [2.24, 2.45) is 0 Å². The Morgan fingerprint density at radius 3 is 2.23 bits per heavy atom. The largest absolute Gasteiger partial charge is 0.489 e. The maximum Gasteiger partial charge on any atom is 0.326 e. The third-order valence-electron chi connectivity index (χ3n) is 11.0. The summed E-state index contributed by atoms with van der Waals surface area (Å²) >= 11 is 12.2. The summed E-state index contributed by atoms with van der Waals surface area (Å²) in [5.74, 6) is 0.239. The third kappa shape index (κ3) is 9.49. The minimum Gasteiger partial charge on any atom is -0.489 e. The van der Waals surface area contributed by atoms with Crippen molar-refractivity contribution in [3.8, 4) is 40.5 Å². The number of ether oxygens (including phenoxy) is 3. The van der Waals surface area contributed by atoms with Gasteiger partial charge in [0.25, 0.3) is 0 Å². The lowest BCUT2D eigenvalue weighted by Crippen LogP contribution is -2.54. The lowest BCUT2D eigenvalue weighted by Gasteiger charge is -2.38. The molecule has 0 fully saturated rings. The van der Waals surface area contributed by atoms with Gasteiger partial charge in [-0.3, -0.25) is 9.69 Å². The Hall–Kier alpha value is -6.82. The molecule has 0 saturated carbocycles. The van der Waals surface area contributed by atoms with Crippen molar-refractivity contribution in [1.29, 1.82) is 10.5 Å². The second-order valence-electron chi connectivity index (χ2n) is 15.0. The van der Waals surface area contributed by atoms with Gasteiger partial charge in [0.15, 0.2) is 17.6 Å². The van der Waals surface area contributed by atoms with Gasteiger partial charge in [0, 0.05) is 19.5 Å². The fourth-order valence-electron chi connectivity index (χ4n) is 7.63. The van der Waals surface area contributed by atoms with Gasteiger partial charge in [-0.15, -0.1) is 0 Å². The van der Waals surface area contributed by atoms with E-state index in [0.717, 1.165) is 44.5 Å². The number of nitrogens with zero attached hydrogens (tertiary/aromatic N) is 3. The Morgan fingerprint density at radius 2 is 1.52 bits per heavy atom. The van der Waals surface area contributed by atoms with Crippen LogP contribution in [0, 0.1) is 22.7 Å². The predicted octanol–water partition coefficient (Wildman–Crippen LogP) is 9.23. The number of nitrogens with one attached hydrogen (secondary N) is 1. The highest BCUT2D eigenvalue weighted by Crippen LogP contribution is 2.41. The number of halogens is 2. The molecule has 6 aromatic rings. The van der Waals surface area contributed by atoms with E-state index in [9.17, 15) is 20.0 Å². The van der Waals surface area contributed by atoms with Gasteiger partial charge in [-0.2, -0.15) is 10.5 Å². The first-order valence-corrected chi connectivity index (χ1v) is 20.4. The van der Waals surface area contributed by atoms with Gasteiger partial charge in [-0.05, 0) is 106 Å². The maximum absolute atomic E-state index is 14.2. The van der Waals surface area contributed by atoms with E-state index in [4.69, 9.17) is 42.7 Å². The zero-order valence-electron chi connectivity index (χ0n) is 32.7. The lowest BCUT2D eigenvalue weighted by molar-refractivity contribution is -0.142. The van der Waals surface area contributed by atoms with Crippen molar-refractivity contribution in [1.82, 2.24) is 10.2 Å².